The van der Waals surface area contributed by atoms with Crippen LogP contribution >= 0.6 is 0 Å². The average Bonchev–Trinajstić information content (AvgIpc) is 3.40. The lowest BCUT2D eigenvalue weighted by Gasteiger charge is -2.35. The van der Waals surface area contributed by atoms with Gasteiger partial charge in [-0.05, 0) is 29.3 Å². The maximum atomic E-state index is 13.9. The molecule has 0 spiro atoms. The number of benzene rings is 3. The Kier molecular flexibility index (Phi) is 5.16. The van der Waals surface area contributed by atoms with E-state index in [9.17, 15) is 34.6 Å². The van der Waals surface area contributed by atoms with Crippen LogP contribution in [-0.2, 0) is 9.59 Å². The smallest absolute Gasteiger partial charge is 0.270 e. The Morgan fingerprint density at radius 1 is 0.789 bits per heavy atom. The number of non-ortho nitro benzene ring substituents is 2. The molecule has 38 heavy (non-hydrogen) atoms. The number of nitrogens with zero attached hydrogens (tertiary/aromatic N) is 4. The molecule has 4 atom stereocenters. The van der Waals surface area contributed by atoms with Gasteiger partial charge in [-0.1, -0.05) is 36.4 Å². The fraction of sp³-hybridized carbons (Fsp3) is 0.148. The second kappa shape index (κ2) is 8.44. The van der Waals surface area contributed by atoms with E-state index in [0.717, 1.165) is 16.0 Å². The maximum Gasteiger partial charge on any atom is 0.270 e. The Hall–Kier alpha value is -5.19. The van der Waals surface area contributed by atoms with Crippen molar-refractivity contribution in [3.63, 3.8) is 0 Å². The number of carbonyl (C=O) groups excluding carboxylic acids is 3. The van der Waals surface area contributed by atoms with E-state index in [2.05, 4.69) is 0 Å². The molecule has 188 valence electrons. The minimum absolute atomic E-state index is 0.0601. The molecule has 3 aromatic rings. The van der Waals surface area contributed by atoms with E-state index >= 15 is 0 Å². The summed E-state index contributed by atoms with van der Waals surface area (Å²) >= 11 is 0. The van der Waals surface area contributed by atoms with Gasteiger partial charge < -0.3 is 4.90 Å². The third kappa shape index (κ3) is 3.32. The third-order valence-electron chi connectivity index (χ3n) is 7.39. The monoisotopic (exact) mass is 510 g/mol. The number of carbonyl (C=O) groups is 3. The Morgan fingerprint density at radius 3 is 2.18 bits per heavy atom. The summed E-state index contributed by atoms with van der Waals surface area (Å²) in [5.41, 5.74) is 1.42. The van der Waals surface area contributed by atoms with Gasteiger partial charge in [-0.2, -0.15) is 0 Å². The largest absolute Gasteiger partial charge is 0.358 e. The van der Waals surface area contributed by atoms with Crippen molar-refractivity contribution in [1.82, 2.24) is 4.90 Å². The molecule has 11 heteroatoms. The van der Waals surface area contributed by atoms with Gasteiger partial charge in [-0.3, -0.25) is 34.6 Å². The number of nitro groups is 2. The quantitative estimate of drug-likeness (QED) is 0.218. The molecule has 0 aromatic heterocycles. The normalized spacial score (nSPS) is 23.2. The van der Waals surface area contributed by atoms with Crippen molar-refractivity contribution in [2.45, 2.75) is 12.1 Å². The highest BCUT2D eigenvalue weighted by Crippen LogP contribution is 2.53. The second-order valence-corrected chi connectivity index (χ2v) is 9.29. The van der Waals surface area contributed by atoms with Crippen LogP contribution in [0.1, 0.15) is 27.5 Å². The molecule has 0 N–H and O–H groups in total. The van der Waals surface area contributed by atoms with Crippen molar-refractivity contribution in [3.8, 4) is 0 Å². The Morgan fingerprint density at radius 2 is 1.47 bits per heavy atom. The molecular weight excluding hydrogens is 492 g/mol. The first-order chi connectivity index (χ1) is 18.3. The van der Waals surface area contributed by atoms with Crippen LogP contribution in [-0.4, -0.2) is 38.4 Å². The summed E-state index contributed by atoms with van der Waals surface area (Å²) in [6.07, 6.45) is 3.51. The zero-order valence-corrected chi connectivity index (χ0v) is 19.5. The molecule has 11 nitrogen and oxygen atoms in total. The fourth-order valence-electron chi connectivity index (χ4n) is 5.78. The maximum absolute atomic E-state index is 13.9. The SMILES string of the molecule is O=C(c1cccc([N+](=O)[O-])c1)[C@@H]1[C@@H]2C(=O)N(c3ccc([N+](=O)[O-])cc3)C(=O)[C@H]2[C@@H]2c3ccccc3C=CN12. The third-order valence-corrected chi connectivity index (χ3v) is 7.39. The minimum atomic E-state index is -1.09. The van der Waals surface area contributed by atoms with Crippen molar-refractivity contribution in [2.75, 3.05) is 4.90 Å². The molecule has 3 heterocycles. The van der Waals surface area contributed by atoms with E-state index in [4.69, 9.17) is 0 Å². The van der Waals surface area contributed by atoms with Gasteiger partial charge in [-0.25, -0.2) is 4.90 Å². The number of nitro benzene ring substituents is 2. The number of amides is 2. The number of fused-ring (bicyclic) bond motifs is 5. The highest BCUT2D eigenvalue weighted by atomic mass is 16.6. The van der Waals surface area contributed by atoms with Gasteiger partial charge >= 0.3 is 0 Å². The number of Topliss-reactive ketones (excluding diaryl/α,β-unsaturated/α-hetero) is 1. The van der Waals surface area contributed by atoms with E-state index in [1.165, 1.54) is 48.5 Å². The van der Waals surface area contributed by atoms with Crippen molar-refractivity contribution < 1.29 is 24.2 Å². The Balaban J connectivity index is 1.47. The van der Waals surface area contributed by atoms with Gasteiger partial charge in [0.1, 0.15) is 6.04 Å². The zero-order chi connectivity index (χ0) is 26.7. The predicted octanol–water partition coefficient (Wildman–Crippen LogP) is 3.90. The lowest BCUT2D eigenvalue weighted by Crippen LogP contribution is -2.44. The van der Waals surface area contributed by atoms with Crippen LogP contribution in [0.2, 0.25) is 0 Å². The molecule has 0 unspecified atom stereocenters. The van der Waals surface area contributed by atoms with Crippen LogP contribution in [0.3, 0.4) is 0 Å². The van der Waals surface area contributed by atoms with Crippen LogP contribution in [0.4, 0.5) is 17.1 Å². The topological polar surface area (TPSA) is 144 Å². The van der Waals surface area contributed by atoms with Crippen LogP contribution in [0.15, 0.2) is 79.0 Å². The van der Waals surface area contributed by atoms with E-state index in [0.29, 0.717) is 0 Å². The van der Waals surface area contributed by atoms with Gasteiger partial charge in [0, 0.05) is 36.0 Å². The highest BCUT2D eigenvalue weighted by molar-refractivity contribution is 6.24. The van der Waals surface area contributed by atoms with Crippen molar-refractivity contribution in [3.05, 3.63) is 116 Å². The molecule has 0 radical (unpaired) electrons. The van der Waals surface area contributed by atoms with Crippen molar-refractivity contribution >= 4 is 40.7 Å². The Labute approximate surface area is 214 Å². The van der Waals surface area contributed by atoms with Gasteiger partial charge in [0.15, 0.2) is 5.78 Å². The summed E-state index contributed by atoms with van der Waals surface area (Å²) < 4.78 is 0. The first-order valence-corrected chi connectivity index (χ1v) is 11.7. The Bertz CT molecular complexity index is 1580. The molecular formula is C27H18N4O7. The summed E-state index contributed by atoms with van der Waals surface area (Å²) in [5, 5.41) is 22.4. The molecule has 2 saturated heterocycles. The van der Waals surface area contributed by atoms with Crippen molar-refractivity contribution in [2.24, 2.45) is 11.8 Å². The number of ketones is 1. The first-order valence-electron chi connectivity index (χ1n) is 11.7. The van der Waals surface area contributed by atoms with Gasteiger partial charge in [0.05, 0.1) is 33.4 Å². The fourth-order valence-corrected chi connectivity index (χ4v) is 5.78. The minimum Gasteiger partial charge on any atom is -0.358 e. The van der Waals surface area contributed by atoms with E-state index < -0.39 is 51.4 Å². The number of hydrogen-bond donors (Lipinski definition) is 0. The van der Waals surface area contributed by atoms with Crippen LogP contribution < -0.4 is 4.90 Å². The average molecular weight is 510 g/mol. The van der Waals surface area contributed by atoms with E-state index in [-0.39, 0.29) is 22.6 Å². The lowest BCUT2D eigenvalue weighted by molar-refractivity contribution is -0.385. The second-order valence-electron chi connectivity index (χ2n) is 9.29. The zero-order valence-electron chi connectivity index (χ0n) is 19.5. The summed E-state index contributed by atoms with van der Waals surface area (Å²) in [4.78, 5) is 65.5. The highest BCUT2D eigenvalue weighted by Gasteiger charge is 2.64. The predicted molar refractivity (Wildman–Crippen MR) is 134 cm³/mol. The number of hydrogen-bond acceptors (Lipinski definition) is 8. The molecule has 0 aliphatic carbocycles. The molecule has 2 fully saturated rings. The number of rotatable bonds is 5. The van der Waals surface area contributed by atoms with E-state index in [1.807, 2.05) is 30.3 Å². The lowest BCUT2D eigenvalue weighted by atomic mass is 9.83. The van der Waals surface area contributed by atoms with Gasteiger partial charge in [0.2, 0.25) is 11.8 Å². The molecule has 6 rings (SSSR count). The molecule has 2 amide bonds. The summed E-state index contributed by atoms with van der Waals surface area (Å²) in [5.74, 6) is -3.59. The molecule has 0 saturated carbocycles. The number of anilines is 1. The van der Waals surface area contributed by atoms with Crippen LogP contribution in [0.5, 0.6) is 0 Å². The molecule has 3 aromatic carbocycles. The first kappa shape index (κ1) is 23.2. The standard InChI is InChI=1S/C27H18N4O7/c32-25(16-5-3-6-19(14-16)31(37)38)24-22-21(23-20-7-2-1-4-15(20)12-13-28(23)24)26(33)29(27(22)34)17-8-10-18(11-9-17)30(35)36/h1-14,21-24H/t21-,22-,23+,24+/m1/s1. The van der Waals surface area contributed by atoms with Gasteiger partial charge in [0.25, 0.3) is 11.4 Å². The van der Waals surface area contributed by atoms with Gasteiger partial charge in [-0.15, -0.1) is 0 Å². The number of imide groups is 1. The molecule has 0 bridgehead atoms. The summed E-state index contributed by atoms with van der Waals surface area (Å²) in [6.45, 7) is 0. The molecule has 3 aliphatic rings. The van der Waals surface area contributed by atoms with Crippen LogP contribution in [0.25, 0.3) is 6.08 Å². The van der Waals surface area contributed by atoms with Crippen molar-refractivity contribution in [1.29, 1.82) is 0 Å². The van der Waals surface area contributed by atoms with Crippen LogP contribution in [0, 0.1) is 32.1 Å². The summed E-state index contributed by atoms with van der Waals surface area (Å²) in [7, 11) is 0. The molecule has 3 aliphatic heterocycles. The summed E-state index contributed by atoms with van der Waals surface area (Å²) in [6, 6.07) is 16.1. The van der Waals surface area contributed by atoms with E-state index in [1.54, 1.807) is 11.1 Å².